The monoisotopic (exact) mass is 996 g/mol. The smallest absolute Gasteiger partial charge is 0.246 e. The van der Waals surface area contributed by atoms with Crippen LogP contribution in [0.2, 0.25) is 5.02 Å². The van der Waals surface area contributed by atoms with Crippen LogP contribution < -0.4 is 26.2 Å². The molecule has 2 saturated heterocycles. The fourth-order valence-electron chi connectivity index (χ4n) is 9.72. The third kappa shape index (κ3) is 13.3. The highest BCUT2D eigenvalue weighted by Crippen LogP contribution is 2.43. The third-order valence-electron chi connectivity index (χ3n) is 13.7. The maximum absolute atomic E-state index is 14.1. The number of aryl methyl sites for hydroxylation is 1. The summed E-state index contributed by atoms with van der Waals surface area (Å²) in [6.07, 6.45) is 5.29. The molecule has 5 atom stereocenters. The second-order valence-electron chi connectivity index (χ2n) is 19.9. The number of piperazine rings is 1. The van der Waals surface area contributed by atoms with E-state index in [1.165, 1.54) is 6.33 Å². The molecule has 2 fully saturated rings. The Morgan fingerprint density at radius 2 is 1.60 bits per heavy atom. The SMILES string of the molecule is Cc1ncsc1-c1ccc(CNC(=O)[C@@H]2CCCN2C(=O)C(NC(=O)CCCCCNC(=O)CCNC[C@@H](C(=O)N2CCN(c3ncnc4c3[C@H](C)C[C@H]4O)CC2)c2ccc(Cl)cc2)C(C)(C)C)cc1. The Kier molecular flexibility index (Phi) is 18.0. The van der Waals surface area contributed by atoms with Crippen LogP contribution in [0, 0.1) is 12.3 Å². The van der Waals surface area contributed by atoms with Gasteiger partial charge in [0, 0.05) is 82.3 Å². The first-order chi connectivity index (χ1) is 33.6. The van der Waals surface area contributed by atoms with E-state index in [0.29, 0.717) is 108 Å². The van der Waals surface area contributed by atoms with Gasteiger partial charge >= 0.3 is 0 Å². The third-order valence-corrected chi connectivity index (χ3v) is 14.9. The van der Waals surface area contributed by atoms with Crippen LogP contribution in [0.3, 0.4) is 0 Å². The number of aliphatic hydroxyl groups excluding tert-OH is 1. The van der Waals surface area contributed by atoms with Crippen molar-refractivity contribution in [3.63, 3.8) is 0 Å². The largest absolute Gasteiger partial charge is 0.387 e. The molecule has 376 valence electrons. The highest BCUT2D eigenvalue weighted by Gasteiger charge is 2.42. The summed E-state index contributed by atoms with van der Waals surface area (Å²) in [6, 6.07) is 14.0. The Hall–Kier alpha value is -5.49. The molecule has 0 spiro atoms. The average molecular weight is 998 g/mol. The van der Waals surface area contributed by atoms with Crippen molar-refractivity contribution in [3.05, 3.63) is 93.5 Å². The molecule has 2 aromatic heterocycles. The van der Waals surface area contributed by atoms with Crippen LogP contribution in [0.5, 0.6) is 0 Å². The number of unbranched alkanes of at least 4 members (excludes halogenated alkanes) is 2. The quantitative estimate of drug-likeness (QED) is 0.0648. The van der Waals surface area contributed by atoms with E-state index in [0.717, 1.165) is 38.6 Å². The minimum Gasteiger partial charge on any atom is -0.387 e. The van der Waals surface area contributed by atoms with E-state index in [4.69, 9.17) is 11.6 Å². The summed E-state index contributed by atoms with van der Waals surface area (Å²) in [5.74, 6) is -0.252. The number of hydrogen-bond acceptors (Lipinski definition) is 12. The van der Waals surface area contributed by atoms with Crippen LogP contribution in [-0.4, -0.2) is 124 Å². The van der Waals surface area contributed by atoms with Gasteiger partial charge in [-0.15, -0.1) is 11.3 Å². The Morgan fingerprint density at radius 1 is 0.857 bits per heavy atom. The number of rotatable bonds is 20. The summed E-state index contributed by atoms with van der Waals surface area (Å²) in [5.41, 5.74) is 6.82. The predicted molar refractivity (Wildman–Crippen MR) is 272 cm³/mol. The van der Waals surface area contributed by atoms with Crippen LogP contribution in [0.15, 0.2) is 60.4 Å². The van der Waals surface area contributed by atoms with Crippen LogP contribution >= 0.6 is 22.9 Å². The van der Waals surface area contributed by atoms with Crippen molar-refractivity contribution in [2.75, 3.05) is 57.3 Å². The molecule has 2 aromatic carbocycles. The van der Waals surface area contributed by atoms with Crippen molar-refractivity contribution in [3.8, 4) is 10.4 Å². The zero-order valence-corrected chi connectivity index (χ0v) is 42.7. The van der Waals surface area contributed by atoms with E-state index in [-0.39, 0.29) is 48.3 Å². The molecule has 18 heteroatoms. The van der Waals surface area contributed by atoms with Gasteiger partial charge in [-0.25, -0.2) is 15.0 Å². The molecule has 3 aliphatic rings. The summed E-state index contributed by atoms with van der Waals surface area (Å²) in [5, 5.41) is 23.4. The van der Waals surface area contributed by atoms with Crippen LogP contribution in [0.1, 0.15) is 125 Å². The molecule has 2 aliphatic heterocycles. The van der Waals surface area contributed by atoms with Gasteiger partial charge in [-0.05, 0) is 79.2 Å². The number of anilines is 1. The summed E-state index contributed by atoms with van der Waals surface area (Å²) in [7, 11) is 0. The number of amides is 5. The Morgan fingerprint density at radius 3 is 2.30 bits per heavy atom. The minimum atomic E-state index is -0.794. The zero-order chi connectivity index (χ0) is 50.0. The predicted octanol–water partition coefficient (Wildman–Crippen LogP) is 6.03. The number of fused-ring (bicyclic) bond motifs is 1. The maximum atomic E-state index is 14.1. The lowest BCUT2D eigenvalue weighted by Crippen LogP contribution is -2.57. The lowest BCUT2D eigenvalue weighted by molar-refractivity contribution is -0.143. The molecule has 4 heterocycles. The van der Waals surface area contributed by atoms with Crippen LogP contribution in [0.25, 0.3) is 10.4 Å². The normalized spacial score (nSPS) is 18.8. The number of aromatic nitrogens is 3. The van der Waals surface area contributed by atoms with Gasteiger partial charge in [0.15, 0.2) is 0 Å². The first-order valence-corrected chi connectivity index (χ1v) is 26.0. The van der Waals surface area contributed by atoms with E-state index in [9.17, 15) is 29.1 Å². The Balaban J connectivity index is 0.794. The van der Waals surface area contributed by atoms with Gasteiger partial charge in [-0.2, -0.15) is 0 Å². The molecule has 0 saturated carbocycles. The molecule has 7 rings (SSSR count). The zero-order valence-electron chi connectivity index (χ0n) is 41.1. The second kappa shape index (κ2) is 24.1. The van der Waals surface area contributed by atoms with Crippen LogP contribution in [0.4, 0.5) is 5.82 Å². The average Bonchev–Trinajstić information content (AvgIpc) is 4.09. The number of carbonyl (C=O) groups excluding carboxylic acids is 5. The van der Waals surface area contributed by atoms with Gasteiger partial charge in [-0.1, -0.05) is 82.1 Å². The van der Waals surface area contributed by atoms with Gasteiger partial charge in [0.1, 0.15) is 24.2 Å². The number of hydrogen-bond donors (Lipinski definition) is 5. The van der Waals surface area contributed by atoms with Crippen molar-refractivity contribution in [1.82, 2.24) is 46.0 Å². The fourth-order valence-corrected chi connectivity index (χ4v) is 10.7. The van der Waals surface area contributed by atoms with Gasteiger partial charge in [-0.3, -0.25) is 24.0 Å². The maximum Gasteiger partial charge on any atom is 0.246 e. The molecule has 5 amide bonds. The molecule has 16 nitrogen and oxygen atoms in total. The molecule has 5 N–H and O–H groups in total. The summed E-state index contributed by atoms with van der Waals surface area (Å²) < 4.78 is 0. The summed E-state index contributed by atoms with van der Waals surface area (Å²) >= 11 is 7.80. The van der Waals surface area contributed by atoms with E-state index in [1.54, 1.807) is 28.4 Å². The number of thiazole rings is 1. The Labute approximate surface area is 420 Å². The molecule has 4 aromatic rings. The number of aliphatic hydroxyl groups is 1. The molecule has 0 bridgehead atoms. The van der Waals surface area contributed by atoms with E-state index < -0.39 is 29.5 Å². The number of nitrogens with one attached hydrogen (secondary N) is 4. The number of nitrogens with zero attached hydrogens (tertiary/aromatic N) is 6. The highest BCUT2D eigenvalue weighted by atomic mass is 35.5. The topological polar surface area (TPSA) is 202 Å². The van der Waals surface area contributed by atoms with Crippen molar-refractivity contribution in [2.45, 2.75) is 123 Å². The second-order valence-corrected chi connectivity index (χ2v) is 21.2. The molecule has 1 unspecified atom stereocenters. The lowest BCUT2D eigenvalue weighted by atomic mass is 9.85. The summed E-state index contributed by atoms with van der Waals surface area (Å²) in [4.78, 5) is 87.6. The van der Waals surface area contributed by atoms with Gasteiger partial charge in [0.2, 0.25) is 29.5 Å². The van der Waals surface area contributed by atoms with Gasteiger partial charge in [0.25, 0.3) is 0 Å². The van der Waals surface area contributed by atoms with E-state index >= 15 is 0 Å². The van der Waals surface area contributed by atoms with Crippen molar-refractivity contribution in [2.24, 2.45) is 5.41 Å². The molecule has 70 heavy (non-hydrogen) atoms. The standard InChI is InChI=1S/C52H69ClN10O6S/c1-33-28-41(64)45-44(33)48(58-31-57-45)61-24-26-62(27-25-61)50(68)39(36-16-18-38(53)19-17-36)30-54-22-20-42(65)55-21-8-6-7-11-43(66)60-47(52(3,4)5)51(69)63-23-9-10-40(63)49(67)56-29-35-12-14-37(15-13-35)46-34(2)59-32-70-46/h12-19,31-33,39-41,47,54,64H,6-11,20-30H2,1-5H3,(H,55,65)(H,56,67)(H,60,66)/t33-,39-,40+,41-,47?/m1/s1. The van der Waals surface area contributed by atoms with Crippen molar-refractivity contribution in [1.29, 1.82) is 0 Å². The number of halogens is 1. The van der Waals surface area contributed by atoms with Crippen LogP contribution in [-0.2, 0) is 30.5 Å². The van der Waals surface area contributed by atoms with Crippen molar-refractivity contribution < 1.29 is 29.1 Å². The number of carbonyl (C=O) groups is 5. The first kappa shape index (κ1) is 52.3. The summed E-state index contributed by atoms with van der Waals surface area (Å²) in [6.45, 7) is 14.1. The fraction of sp³-hybridized carbons (Fsp3) is 0.538. The highest BCUT2D eigenvalue weighted by molar-refractivity contribution is 7.13. The number of benzene rings is 2. The van der Waals surface area contributed by atoms with E-state index in [2.05, 4.69) is 48.0 Å². The molecular formula is C52H69ClN10O6S. The number of likely N-dealkylation sites (tertiary alicyclic amines) is 1. The molecular weight excluding hydrogens is 928 g/mol. The molecule has 0 radical (unpaired) electrons. The van der Waals surface area contributed by atoms with Gasteiger partial charge < -0.3 is 41.1 Å². The Bertz CT molecular complexity index is 2440. The van der Waals surface area contributed by atoms with Crippen molar-refractivity contribution >= 4 is 58.3 Å². The van der Waals surface area contributed by atoms with E-state index in [1.807, 2.05) is 74.5 Å². The first-order valence-electron chi connectivity index (χ1n) is 24.8. The lowest BCUT2D eigenvalue weighted by Gasteiger charge is -2.38. The molecule has 1 aliphatic carbocycles. The van der Waals surface area contributed by atoms with Gasteiger partial charge in [0.05, 0.1) is 33.8 Å². The minimum absolute atomic E-state index is 0.00185.